The first-order chi connectivity index (χ1) is 8.58. The molecular formula is C12H17N3O3. The maximum atomic E-state index is 11.9. The molecule has 0 spiro atoms. The minimum atomic E-state index is -0.748. The molecule has 1 fully saturated rings. The zero-order valence-electron chi connectivity index (χ0n) is 10.4. The van der Waals surface area contributed by atoms with E-state index in [1.54, 1.807) is 19.4 Å². The predicted octanol–water partition coefficient (Wildman–Crippen LogP) is 0.471. The molecule has 0 saturated carbocycles. The number of aryl methyl sites for hydroxylation is 1. The minimum Gasteiger partial charge on any atom is -0.481 e. The molecule has 1 aromatic rings. The standard InChI is InChI=1S/C12H17N3O3/c1-14-7-4-13-11(12(14)18)15-5-2-9(3-6-15)8-10(16)17/h4,7,9H,2-3,5-6,8H2,1H3,(H,16,17). The summed E-state index contributed by atoms with van der Waals surface area (Å²) >= 11 is 0. The summed E-state index contributed by atoms with van der Waals surface area (Å²) in [6.45, 7) is 1.40. The van der Waals surface area contributed by atoms with Gasteiger partial charge in [0.15, 0.2) is 5.82 Å². The third kappa shape index (κ3) is 2.69. The fourth-order valence-electron chi connectivity index (χ4n) is 2.30. The molecule has 0 bridgehead atoms. The third-order valence-electron chi connectivity index (χ3n) is 3.38. The highest BCUT2D eigenvalue weighted by molar-refractivity contribution is 5.67. The van der Waals surface area contributed by atoms with Crippen molar-refractivity contribution in [2.75, 3.05) is 18.0 Å². The van der Waals surface area contributed by atoms with Gasteiger partial charge < -0.3 is 14.6 Å². The summed E-state index contributed by atoms with van der Waals surface area (Å²) in [5.41, 5.74) is -0.103. The molecule has 0 unspecified atom stereocenters. The van der Waals surface area contributed by atoms with E-state index in [-0.39, 0.29) is 17.9 Å². The van der Waals surface area contributed by atoms with Crippen molar-refractivity contribution < 1.29 is 9.90 Å². The number of carbonyl (C=O) groups is 1. The summed E-state index contributed by atoms with van der Waals surface area (Å²) in [6.07, 6.45) is 5.05. The molecule has 18 heavy (non-hydrogen) atoms. The van der Waals surface area contributed by atoms with Crippen LogP contribution in [0.3, 0.4) is 0 Å². The van der Waals surface area contributed by atoms with Crippen LogP contribution in [0, 0.1) is 5.92 Å². The highest BCUT2D eigenvalue weighted by atomic mass is 16.4. The van der Waals surface area contributed by atoms with Crippen LogP contribution in [0.2, 0.25) is 0 Å². The number of anilines is 1. The molecule has 1 N–H and O–H groups in total. The Bertz CT molecular complexity index is 490. The van der Waals surface area contributed by atoms with Crippen LogP contribution in [0.15, 0.2) is 17.2 Å². The Labute approximate surface area is 105 Å². The first-order valence-corrected chi connectivity index (χ1v) is 6.06. The lowest BCUT2D eigenvalue weighted by molar-refractivity contribution is -0.138. The Morgan fingerprint density at radius 3 is 2.78 bits per heavy atom. The smallest absolute Gasteiger partial charge is 0.303 e. The average molecular weight is 251 g/mol. The van der Waals surface area contributed by atoms with E-state index in [4.69, 9.17) is 5.11 Å². The Balaban J connectivity index is 2.03. The van der Waals surface area contributed by atoms with Gasteiger partial charge in [-0.05, 0) is 18.8 Å². The summed E-state index contributed by atoms with van der Waals surface area (Å²) < 4.78 is 1.51. The van der Waals surface area contributed by atoms with Gasteiger partial charge in [0.25, 0.3) is 5.56 Å². The van der Waals surface area contributed by atoms with Crippen molar-refractivity contribution in [3.05, 3.63) is 22.7 Å². The maximum absolute atomic E-state index is 11.9. The molecule has 1 aliphatic rings. The summed E-state index contributed by atoms with van der Waals surface area (Å²) in [5.74, 6) is -0.0673. The molecule has 0 amide bonds. The molecule has 0 atom stereocenters. The van der Waals surface area contributed by atoms with E-state index in [1.165, 1.54) is 4.57 Å². The second-order valence-electron chi connectivity index (χ2n) is 4.70. The zero-order valence-corrected chi connectivity index (χ0v) is 10.4. The molecule has 2 heterocycles. The van der Waals surface area contributed by atoms with Crippen LogP contribution in [0.4, 0.5) is 5.82 Å². The van der Waals surface area contributed by atoms with Gasteiger partial charge in [-0.15, -0.1) is 0 Å². The van der Waals surface area contributed by atoms with Gasteiger partial charge in [-0.1, -0.05) is 0 Å². The second kappa shape index (κ2) is 5.20. The Morgan fingerprint density at radius 1 is 1.50 bits per heavy atom. The van der Waals surface area contributed by atoms with Gasteiger partial charge in [0, 0.05) is 39.0 Å². The van der Waals surface area contributed by atoms with Crippen LogP contribution in [-0.2, 0) is 11.8 Å². The van der Waals surface area contributed by atoms with Crippen LogP contribution >= 0.6 is 0 Å². The number of piperidine rings is 1. The van der Waals surface area contributed by atoms with E-state index in [2.05, 4.69) is 4.98 Å². The summed E-state index contributed by atoms with van der Waals surface area (Å²) in [6, 6.07) is 0. The minimum absolute atomic E-state index is 0.103. The number of aromatic nitrogens is 2. The van der Waals surface area contributed by atoms with E-state index in [1.807, 2.05) is 4.90 Å². The van der Waals surface area contributed by atoms with Crippen molar-refractivity contribution in [3.63, 3.8) is 0 Å². The molecule has 1 aliphatic heterocycles. The topological polar surface area (TPSA) is 75.4 Å². The van der Waals surface area contributed by atoms with E-state index in [0.29, 0.717) is 18.9 Å². The van der Waals surface area contributed by atoms with Gasteiger partial charge in [0.1, 0.15) is 0 Å². The fourth-order valence-corrected chi connectivity index (χ4v) is 2.30. The van der Waals surface area contributed by atoms with Crippen LogP contribution in [0.25, 0.3) is 0 Å². The summed E-state index contributed by atoms with van der Waals surface area (Å²) in [5, 5.41) is 8.75. The molecule has 6 heteroatoms. The molecule has 1 saturated heterocycles. The number of aliphatic carboxylic acids is 1. The molecule has 2 rings (SSSR count). The van der Waals surface area contributed by atoms with Gasteiger partial charge in [-0.25, -0.2) is 4.98 Å². The Morgan fingerprint density at radius 2 is 2.17 bits per heavy atom. The second-order valence-corrected chi connectivity index (χ2v) is 4.70. The van der Waals surface area contributed by atoms with Crippen LogP contribution in [-0.4, -0.2) is 33.7 Å². The highest BCUT2D eigenvalue weighted by Crippen LogP contribution is 2.22. The number of rotatable bonds is 3. The van der Waals surface area contributed by atoms with Gasteiger partial charge >= 0.3 is 5.97 Å². The first-order valence-electron chi connectivity index (χ1n) is 6.06. The normalized spacial score (nSPS) is 16.8. The van der Waals surface area contributed by atoms with E-state index in [9.17, 15) is 9.59 Å². The van der Waals surface area contributed by atoms with Gasteiger partial charge in [-0.3, -0.25) is 9.59 Å². The molecule has 0 aromatic carbocycles. The zero-order chi connectivity index (χ0) is 13.1. The highest BCUT2D eigenvalue weighted by Gasteiger charge is 2.23. The molecular weight excluding hydrogens is 234 g/mol. The number of hydrogen-bond acceptors (Lipinski definition) is 4. The quantitative estimate of drug-likeness (QED) is 0.845. The predicted molar refractivity (Wildman–Crippen MR) is 66.7 cm³/mol. The molecule has 98 valence electrons. The van der Waals surface area contributed by atoms with Crippen molar-refractivity contribution in [3.8, 4) is 0 Å². The molecule has 0 radical (unpaired) electrons. The molecule has 1 aromatic heterocycles. The fraction of sp³-hybridized carbons (Fsp3) is 0.583. The SMILES string of the molecule is Cn1ccnc(N2CCC(CC(=O)O)CC2)c1=O. The van der Waals surface area contributed by atoms with Crippen LogP contribution in [0.5, 0.6) is 0 Å². The van der Waals surface area contributed by atoms with E-state index < -0.39 is 5.97 Å². The van der Waals surface area contributed by atoms with Crippen molar-refractivity contribution in [1.29, 1.82) is 0 Å². The van der Waals surface area contributed by atoms with E-state index in [0.717, 1.165) is 12.8 Å². The summed E-state index contributed by atoms with van der Waals surface area (Å²) in [4.78, 5) is 28.6. The third-order valence-corrected chi connectivity index (χ3v) is 3.38. The van der Waals surface area contributed by atoms with E-state index >= 15 is 0 Å². The largest absolute Gasteiger partial charge is 0.481 e. The first kappa shape index (κ1) is 12.6. The number of carboxylic acid groups (broad SMARTS) is 1. The van der Waals surface area contributed by atoms with Gasteiger partial charge in [-0.2, -0.15) is 0 Å². The monoisotopic (exact) mass is 251 g/mol. The summed E-state index contributed by atoms with van der Waals surface area (Å²) in [7, 11) is 1.70. The van der Waals surface area contributed by atoms with Crippen LogP contribution < -0.4 is 10.5 Å². The van der Waals surface area contributed by atoms with Gasteiger partial charge in [0.05, 0.1) is 0 Å². The molecule has 0 aliphatic carbocycles. The van der Waals surface area contributed by atoms with Crippen molar-refractivity contribution >= 4 is 11.8 Å². The Kier molecular flexibility index (Phi) is 3.64. The van der Waals surface area contributed by atoms with Crippen molar-refractivity contribution in [2.24, 2.45) is 13.0 Å². The molecule has 6 nitrogen and oxygen atoms in total. The van der Waals surface area contributed by atoms with Crippen molar-refractivity contribution in [1.82, 2.24) is 9.55 Å². The number of hydrogen-bond donors (Lipinski definition) is 1. The number of carboxylic acids is 1. The maximum Gasteiger partial charge on any atom is 0.303 e. The number of nitrogens with zero attached hydrogens (tertiary/aromatic N) is 3. The Hall–Kier alpha value is -1.85. The average Bonchev–Trinajstić information content (AvgIpc) is 2.33. The lowest BCUT2D eigenvalue weighted by Crippen LogP contribution is -2.39. The van der Waals surface area contributed by atoms with Crippen molar-refractivity contribution in [2.45, 2.75) is 19.3 Å². The van der Waals surface area contributed by atoms with Gasteiger partial charge in [0.2, 0.25) is 0 Å². The lowest BCUT2D eigenvalue weighted by Gasteiger charge is -2.31. The van der Waals surface area contributed by atoms with Crippen LogP contribution in [0.1, 0.15) is 19.3 Å². The lowest BCUT2D eigenvalue weighted by atomic mass is 9.94.